The van der Waals surface area contributed by atoms with Crippen LogP contribution >= 0.6 is 0 Å². The third kappa shape index (κ3) is 3.69. The van der Waals surface area contributed by atoms with E-state index < -0.39 is 23.7 Å². The Morgan fingerprint density at radius 2 is 2.15 bits per heavy atom. The normalized spacial score (nSPS) is 24.1. The van der Waals surface area contributed by atoms with Gasteiger partial charge in [-0.05, 0) is 19.8 Å². The van der Waals surface area contributed by atoms with Gasteiger partial charge in [0.25, 0.3) is 0 Å². The number of likely N-dealkylation sites (tertiary alicyclic amines) is 1. The van der Waals surface area contributed by atoms with E-state index in [0.717, 1.165) is 0 Å². The van der Waals surface area contributed by atoms with Gasteiger partial charge in [0.15, 0.2) is 11.5 Å². The quantitative estimate of drug-likeness (QED) is 0.516. The highest BCUT2D eigenvalue weighted by atomic mass is 16.4. The maximum atomic E-state index is 12.6. The van der Waals surface area contributed by atoms with E-state index in [1.807, 2.05) is 0 Å². The lowest BCUT2D eigenvalue weighted by atomic mass is 9.87. The van der Waals surface area contributed by atoms with Gasteiger partial charge in [0.05, 0.1) is 24.0 Å². The van der Waals surface area contributed by atoms with Crippen LogP contribution < -0.4 is 11.5 Å². The van der Waals surface area contributed by atoms with Crippen molar-refractivity contribution in [1.82, 2.24) is 24.4 Å². The molecule has 0 bridgehead atoms. The number of carbonyl (C=O) groups excluding carboxylic acids is 1. The number of anilines is 1. The van der Waals surface area contributed by atoms with Gasteiger partial charge in [-0.15, -0.1) is 0 Å². The molecule has 0 aliphatic carbocycles. The van der Waals surface area contributed by atoms with E-state index in [1.54, 1.807) is 16.4 Å². The molecule has 1 saturated heterocycles. The van der Waals surface area contributed by atoms with Crippen LogP contribution in [-0.2, 0) is 9.59 Å². The fraction of sp³-hybridized carbons (Fsp3) is 0.562. The first-order valence-electron chi connectivity index (χ1n) is 8.62. The Morgan fingerprint density at radius 3 is 2.85 bits per heavy atom. The Balaban J connectivity index is 1.84. The summed E-state index contributed by atoms with van der Waals surface area (Å²) in [6, 6.07) is -1.41. The second kappa shape index (κ2) is 7.08. The molecule has 2 aromatic heterocycles. The SMILES string of the molecule is C[C@@]1(O)CCN(C(=O)[C@@H](N)CCC(=O)O)C[C@H]1n1cnc2c(N)ncnc21. The van der Waals surface area contributed by atoms with Crippen molar-refractivity contribution in [2.24, 2.45) is 5.73 Å². The summed E-state index contributed by atoms with van der Waals surface area (Å²) in [5.41, 5.74) is 11.5. The molecule has 0 aromatic carbocycles. The van der Waals surface area contributed by atoms with Crippen molar-refractivity contribution in [3.8, 4) is 0 Å². The second-order valence-corrected chi connectivity index (χ2v) is 7.03. The van der Waals surface area contributed by atoms with Gasteiger partial charge in [-0.25, -0.2) is 15.0 Å². The minimum Gasteiger partial charge on any atom is -0.481 e. The summed E-state index contributed by atoms with van der Waals surface area (Å²) in [5.74, 6) is -1.10. The molecule has 1 amide bonds. The van der Waals surface area contributed by atoms with Gasteiger partial charge in [-0.3, -0.25) is 9.59 Å². The average Bonchev–Trinajstić information content (AvgIpc) is 3.04. The smallest absolute Gasteiger partial charge is 0.303 e. The molecule has 6 N–H and O–H groups in total. The number of hydrogen-bond acceptors (Lipinski definition) is 8. The molecule has 11 heteroatoms. The lowest BCUT2D eigenvalue weighted by Crippen LogP contribution is -2.55. The molecular formula is C16H23N7O4. The van der Waals surface area contributed by atoms with Crippen LogP contribution in [0.3, 0.4) is 0 Å². The Hall–Kier alpha value is -2.79. The number of amides is 1. The fourth-order valence-electron chi connectivity index (χ4n) is 3.35. The van der Waals surface area contributed by atoms with E-state index in [0.29, 0.717) is 24.1 Å². The summed E-state index contributed by atoms with van der Waals surface area (Å²) < 4.78 is 1.69. The number of imidazole rings is 1. The highest BCUT2D eigenvalue weighted by Gasteiger charge is 2.41. The van der Waals surface area contributed by atoms with Crippen LogP contribution in [0.2, 0.25) is 0 Å². The number of fused-ring (bicyclic) bond motifs is 1. The molecule has 0 unspecified atom stereocenters. The Bertz CT molecular complexity index is 866. The molecule has 3 atom stereocenters. The van der Waals surface area contributed by atoms with Crippen molar-refractivity contribution in [3.05, 3.63) is 12.7 Å². The maximum absolute atomic E-state index is 12.6. The van der Waals surface area contributed by atoms with E-state index in [1.165, 1.54) is 12.7 Å². The van der Waals surface area contributed by atoms with Crippen molar-refractivity contribution < 1.29 is 19.8 Å². The zero-order chi connectivity index (χ0) is 19.8. The van der Waals surface area contributed by atoms with Crippen LogP contribution in [0.4, 0.5) is 5.82 Å². The monoisotopic (exact) mass is 377 g/mol. The van der Waals surface area contributed by atoms with Gasteiger partial charge in [-0.1, -0.05) is 0 Å². The van der Waals surface area contributed by atoms with Crippen LogP contribution in [0, 0.1) is 0 Å². The first kappa shape index (κ1) is 19.0. The summed E-state index contributed by atoms with van der Waals surface area (Å²) in [6.07, 6.45) is 3.05. The molecule has 0 saturated carbocycles. The molecule has 0 spiro atoms. The molecule has 1 aliphatic heterocycles. The molecular weight excluding hydrogens is 354 g/mol. The van der Waals surface area contributed by atoms with Crippen molar-refractivity contribution in [1.29, 1.82) is 0 Å². The van der Waals surface area contributed by atoms with E-state index in [-0.39, 0.29) is 31.1 Å². The second-order valence-electron chi connectivity index (χ2n) is 7.03. The maximum Gasteiger partial charge on any atom is 0.303 e. The number of nitrogens with zero attached hydrogens (tertiary/aromatic N) is 5. The van der Waals surface area contributed by atoms with Gasteiger partial charge in [0.1, 0.15) is 11.8 Å². The summed E-state index contributed by atoms with van der Waals surface area (Å²) in [4.78, 5) is 37.2. The number of nitrogen functional groups attached to an aromatic ring is 1. The Kier molecular flexibility index (Phi) is 4.98. The number of nitrogens with two attached hydrogens (primary N) is 2. The highest BCUT2D eigenvalue weighted by Crippen LogP contribution is 2.34. The minimum absolute atomic E-state index is 0.0590. The zero-order valence-electron chi connectivity index (χ0n) is 14.9. The number of rotatable bonds is 5. The largest absolute Gasteiger partial charge is 0.481 e. The number of piperidine rings is 1. The molecule has 0 radical (unpaired) electrons. The molecule has 3 rings (SSSR count). The first-order chi connectivity index (χ1) is 12.7. The van der Waals surface area contributed by atoms with Crippen LogP contribution in [0.5, 0.6) is 0 Å². The lowest BCUT2D eigenvalue weighted by molar-refractivity contribution is -0.140. The molecule has 1 aliphatic rings. The predicted molar refractivity (Wildman–Crippen MR) is 95.4 cm³/mol. The number of aliphatic carboxylic acids is 1. The molecule has 3 heterocycles. The average molecular weight is 377 g/mol. The lowest BCUT2D eigenvalue weighted by Gasteiger charge is -2.43. The third-order valence-corrected chi connectivity index (χ3v) is 5.02. The number of aliphatic hydroxyl groups is 1. The van der Waals surface area contributed by atoms with Gasteiger partial charge in [0.2, 0.25) is 5.91 Å². The summed E-state index contributed by atoms with van der Waals surface area (Å²) in [7, 11) is 0. The topological polar surface area (TPSA) is 173 Å². The Labute approximate surface area is 155 Å². The van der Waals surface area contributed by atoms with Gasteiger partial charge in [-0.2, -0.15) is 0 Å². The Morgan fingerprint density at radius 1 is 1.41 bits per heavy atom. The van der Waals surface area contributed by atoms with Gasteiger partial charge in [0, 0.05) is 19.5 Å². The van der Waals surface area contributed by atoms with E-state index in [4.69, 9.17) is 16.6 Å². The summed E-state index contributed by atoms with van der Waals surface area (Å²) >= 11 is 0. The van der Waals surface area contributed by atoms with Gasteiger partial charge >= 0.3 is 5.97 Å². The predicted octanol–water partition coefficient (Wildman–Crippen LogP) is -0.875. The number of carboxylic acid groups (broad SMARTS) is 1. The van der Waals surface area contributed by atoms with Crippen LogP contribution in [0.15, 0.2) is 12.7 Å². The number of aromatic nitrogens is 4. The molecule has 146 valence electrons. The molecule has 27 heavy (non-hydrogen) atoms. The van der Waals surface area contributed by atoms with Crippen LogP contribution in [0.25, 0.3) is 11.2 Å². The van der Waals surface area contributed by atoms with E-state index in [9.17, 15) is 14.7 Å². The van der Waals surface area contributed by atoms with Crippen LogP contribution in [0.1, 0.15) is 32.2 Å². The summed E-state index contributed by atoms with van der Waals surface area (Å²) in [6.45, 7) is 2.22. The van der Waals surface area contributed by atoms with Crippen molar-refractivity contribution in [3.63, 3.8) is 0 Å². The highest BCUT2D eigenvalue weighted by molar-refractivity contribution is 5.83. The minimum atomic E-state index is -1.10. The molecule has 11 nitrogen and oxygen atoms in total. The van der Waals surface area contributed by atoms with Crippen molar-refractivity contribution in [2.45, 2.75) is 43.9 Å². The molecule has 1 fully saturated rings. The number of hydrogen-bond donors (Lipinski definition) is 4. The van der Waals surface area contributed by atoms with Crippen molar-refractivity contribution >= 4 is 28.9 Å². The van der Waals surface area contributed by atoms with E-state index in [2.05, 4.69) is 15.0 Å². The zero-order valence-corrected chi connectivity index (χ0v) is 14.9. The van der Waals surface area contributed by atoms with Gasteiger partial charge < -0.3 is 31.1 Å². The van der Waals surface area contributed by atoms with Crippen LogP contribution in [-0.4, -0.2) is 71.2 Å². The summed E-state index contributed by atoms with van der Waals surface area (Å²) in [5, 5.41) is 19.6. The first-order valence-corrected chi connectivity index (χ1v) is 8.62. The van der Waals surface area contributed by atoms with Crippen molar-refractivity contribution in [2.75, 3.05) is 18.8 Å². The number of carbonyl (C=O) groups is 2. The number of carboxylic acids is 1. The fourth-order valence-corrected chi connectivity index (χ4v) is 3.35. The van der Waals surface area contributed by atoms with E-state index >= 15 is 0 Å². The standard InChI is InChI=1S/C16H23N7O4/c1-16(27)4-5-22(15(26)9(17)2-3-11(24)25)6-10(16)23-8-21-12-13(18)19-7-20-14(12)23/h7-10,27H,2-6,17H2,1H3,(H,24,25)(H2,18,19,20)/t9-,10+,16+/m0/s1. The molecule has 2 aromatic rings. The third-order valence-electron chi connectivity index (χ3n) is 5.02.